The van der Waals surface area contributed by atoms with Crippen LogP contribution in [0.4, 0.5) is 0 Å². The molecule has 0 aliphatic carbocycles. The molecule has 0 saturated carbocycles. The van der Waals surface area contributed by atoms with Gasteiger partial charge in [-0.15, -0.1) is 11.8 Å². The Bertz CT molecular complexity index is 540. The summed E-state index contributed by atoms with van der Waals surface area (Å²) in [5.41, 5.74) is 1.12. The van der Waals surface area contributed by atoms with Gasteiger partial charge in [0.1, 0.15) is 6.04 Å². The molecule has 21 heavy (non-hydrogen) atoms. The Morgan fingerprint density at radius 2 is 2.38 bits per heavy atom. The van der Waals surface area contributed by atoms with Crippen LogP contribution in [0, 0.1) is 0 Å². The molecule has 6 heteroatoms. The number of hydrogen-bond donors (Lipinski definition) is 2. The van der Waals surface area contributed by atoms with Gasteiger partial charge in [0.15, 0.2) is 0 Å². The molecule has 1 amide bonds. The number of amides is 1. The Morgan fingerprint density at radius 3 is 3.19 bits per heavy atom. The molecule has 0 bridgehead atoms. The van der Waals surface area contributed by atoms with Crippen LogP contribution in [0.25, 0.3) is 0 Å². The fourth-order valence-corrected chi connectivity index (χ4v) is 4.09. The molecule has 4 nitrogen and oxygen atoms in total. The summed E-state index contributed by atoms with van der Waals surface area (Å²) in [6, 6.07) is 5.64. The first-order valence-electron chi connectivity index (χ1n) is 7.23. The van der Waals surface area contributed by atoms with E-state index in [4.69, 9.17) is 16.3 Å². The molecule has 3 rings (SSSR count). The van der Waals surface area contributed by atoms with E-state index in [0.29, 0.717) is 18.2 Å². The molecule has 114 valence electrons. The topological polar surface area (TPSA) is 50.4 Å². The second-order valence-electron chi connectivity index (χ2n) is 5.39. The van der Waals surface area contributed by atoms with Crippen LogP contribution in [0.15, 0.2) is 23.1 Å². The Labute approximate surface area is 134 Å². The van der Waals surface area contributed by atoms with E-state index in [-0.39, 0.29) is 24.1 Å². The third-order valence-corrected chi connectivity index (χ3v) is 5.28. The number of thioether (sulfide) groups is 1. The van der Waals surface area contributed by atoms with Crippen molar-refractivity contribution in [3.8, 4) is 0 Å². The maximum Gasteiger partial charge on any atom is 0.240 e. The lowest BCUT2D eigenvalue weighted by Crippen LogP contribution is -2.56. The van der Waals surface area contributed by atoms with Gasteiger partial charge in [-0.1, -0.05) is 11.6 Å². The summed E-state index contributed by atoms with van der Waals surface area (Å²) in [7, 11) is 0. The third kappa shape index (κ3) is 3.37. The smallest absolute Gasteiger partial charge is 0.240 e. The van der Waals surface area contributed by atoms with Crippen LogP contribution in [0.5, 0.6) is 0 Å². The van der Waals surface area contributed by atoms with E-state index in [1.807, 2.05) is 36.9 Å². The van der Waals surface area contributed by atoms with E-state index in [1.165, 1.54) is 4.90 Å². The minimum absolute atomic E-state index is 0.00465. The number of benzene rings is 1. The quantitative estimate of drug-likeness (QED) is 0.876. The highest BCUT2D eigenvalue weighted by Gasteiger charge is 2.31. The lowest BCUT2D eigenvalue weighted by atomic mass is 10.0. The zero-order chi connectivity index (χ0) is 14.8. The van der Waals surface area contributed by atoms with Gasteiger partial charge in [-0.25, -0.2) is 0 Å². The fourth-order valence-electron chi connectivity index (χ4n) is 2.80. The molecule has 2 N–H and O–H groups in total. The lowest BCUT2D eigenvalue weighted by Gasteiger charge is -2.32. The van der Waals surface area contributed by atoms with Gasteiger partial charge in [-0.3, -0.25) is 4.79 Å². The van der Waals surface area contributed by atoms with E-state index in [2.05, 4.69) is 10.6 Å². The number of carbonyl (C=O) groups is 1. The van der Waals surface area contributed by atoms with Crippen LogP contribution in [-0.4, -0.2) is 37.0 Å². The highest BCUT2D eigenvalue weighted by atomic mass is 35.5. The molecule has 0 aromatic heterocycles. The normalized spacial score (nSPS) is 28.8. The maximum atomic E-state index is 12.5. The minimum atomic E-state index is -0.282. The van der Waals surface area contributed by atoms with Gasteiger partial charge in [0.25, 0.3) is 0 Å². The molecule has 1 saturated heterocycles. The molecular formula is C15H19ClN2O2S. The molecule has 0 spiro atoms. The van der Waals surface area contributed by atoms with Crippen LogP contribution in [0.3, 0.4) is 0 Å². The molecule has 0 radical (unpaired) electrons. The van der Waals surface area contributed by atoms with Crippen LogP contribution in [0.1, 0.15) is 24.9 Å². The summed E-state index contributed by atoms with van der Waals surface area (Å²) in [5.74, 6) is 1.01. The van der Waals surface area contributed by atoms with Crippen LogP contribution < -0.4 is 10.6 Å². The van der Waals surface area contributed by atoms with E-state index in [1.54, 1.807) is 0 Å². The van der Waals surface area contributed by atoms with Crippen molar-refractivity contribution >= 4 is 29.3 Å². The number of ether oxygens (including phenoxy) is 1. The summed E-state index contributed by atoms with van der Waals surface area (Å²) < 4.78 is 5.54. The number of carbonyl (C=O) groups excluding carboxylic acids is 1. The number of halogens is 1. The van der Waals surface area contributed by atoms with Gasteiger partial charge in [0, 0.05) is 22.2 Å². The number of morpholine rings is 1. The predicted octanol–water partition coefficient (Wildman–Crippen LogP) is 2.37. The van der Waals surface area contributed by atoms with Gasteiger partial charge >= 0.3 is 0 Å². The maximum absolute atomic E-state index is 12.5. The predicted molar refractivity (Wildman–Crippen MR) is 84.9 cm³/mol. The van der Waals surface area contributed by atoms with Crippen molar-refractivity contribution in [2.24, 2.45) is 0 Å². The molecule has 1 unspecified atom stereocenters. The SMILES string of the molecule is C[C@H]1OCCN[C@@H]1C(=O)NC1CCSc2ccc(Cl)cc21. The highest BCUT2D eigenvalue weighted by Crippen LogP contribution is 2.37. The minimum Gasteiger partial charge on any atom is -0.375 e. The summed E-state index contributed by atoms with van der Waals surface area (Å²) >= 11 is 7.91. The summed E-state index contributed by atoms with van der Waals surface area (Å²) in [4.78, 5) is 13.7. The first-order chi connectivity index (χ1) is 10.1. The first-order valence-corrected chi connectivity index (χ1v) is 8.59. The Hall–Kier alpha value is -0.750. The van der Waals surface area contributed by atoms with Crippen molar-refractivity contribution in [2.45, 2.75) is 36.4 Å². The van der Waals surface area contributed by atoms with E-state index < -0.39 is 0 Å². The second kappa shape index (κ2) is 6.57. The number of fused-ring (bicyclic) bond motifs is 1. The zero-order valence-electron chi connectivity index (χ0n) is 11.9. The third-order valence-electron chi connectivity index (χ3n) is 3.93. The second-order valence-corrected chi connectivity index (χ2v) is 6.96. The van der Waals surface area contributed by atoms with Crippen molar-refractivity contribution < 1.29 is 9.53 Å². The number of nitrogens with one attached hydrogen (secondary N) is 2. The summed E-state index contributed by atoms with van der Waals surface area (Å²) in [5, 5.41) is 7.09. The summed E-state index contributed by atoms with van der Waals surface area (Å²) in [6.45, 7) is 3.30. The molecule has 1 aromatic rings. The Morgan fingerprint density at radius 1 is 1.52 bits per heavy atom. The van der Waals surface area contributed by atoms with Crippen molar-refractivity contribution in [3.63, 3.8) is 0 Å². The van der Waals surface area contributed by atoms with Crippen molar-refractivity contribution in [1.29, 1.82) is 0 Å². The number of hydrogen-bond acceptors (Lipinski definition) is 4. The van der Waals surface area contributed by atoms with Crippen LogP contribution in [0.2, 0.25) is 5.02 Å². The van der Waals surface area contributed by atoms with Gasteiger partial charge in [0.2, 0.25) is 5.91 Å². The van der Waals surface area contributed by atoms with Crippen molar-refractivity contribution in [1.82, 2.24) is 10.6 Å². The molecular weight excluding hydrogens is 308 g/mol. The Balaban J connectivity index is 1.74. The van der Waals surface area contributed by atoms with E-state index >= 15 is 0 Å². The van der Waals surface area contributed by atoms with Gasteiger partial charge in [0.05, 0.1) is 18.8 Å². The average molecular weight is 327 g/mol. The Kier molecular flexibility index (Phi) is 4.74. The molecule has 2 aliphatic heterocycles. The van der Waals surface area contributed by atoms with Gasteiger partial charge in [-0.2, -0.15) is 0 Å². The summed E-state index contributed by atoms with van der Waals surface area (Å²) in [6.07, 6.45) is 0.821. The average Bonchev–Trinajstić information content (AvgIpc) is 2.48. The zero-order valence-corrected chi connectivity index (χ0v) is 13.5. The molecule has 2 aliphatic rings. The van der Waals surface area contributed by atoms with Crippen LogP contribution >= 0.6 is 23.4 Å². The molecule has 3 atom stereocenters. The molecule has 1 aromatic carbocycles. The van der Waals surface area contributed by atoms with E-state index in [9.17, 15) is 4.79 Å². The fraction of sp³-hybridized carbons (Fsp3) is 0.533. The van der Waals surface area contributed by atoms with Crippen LogP contribution in [-0.2, 0) is 9.53 Å². The molecule has 1 fully saturated rings. The largest absolute Gasteiger partial charge is 0.375 e. The first kappa shape index (κ1) is 15.2. The number of rotatable bonds is 2. The monoisotopic (exact) mass is 326 g/mol. The molecule has 2 heterocycles. The van der Waals surface area contributed by atoms with Gasteiger partial charge < -0.3 is 15.4 Å². The lowest BCUT2D eigenvalue weighted by molar-refractivity contribution is -0.129. The van der Waals surface area contributed by atoms with E-state index in [0.717, 1.165) is 17.7 Å². The van der Waals surface area contributed by atoms with Crippen molar-refractivity contribution in [2.75, 3.05) is 18.9 Å². The highest BCUT2D eigenvalue weighted by molar-refractivity contribution is 7.99. The van der Waals surface area contributed by atoms with Gasteiger partial charge in [-0.05, 0) is 37.1 Å². The standard InChI is InChI=1S/C15H19ClN2O2S/c1-9-14(17-5-6-20-9)15(19)18-12-4-7-21-13-3-2-10(16)8-11(12)13/h2-3,8-9,12,14,17H,4-7H2,1H3,(H,18,19)/t9-,12?,14+/m1/s1. The van der Waals surface area contributed by atoms with Crippen molar-refractivity contribution in [3.05, 3.63) is 28.8 Å².